The maximum absolute atomic E-state index is 14.0. The predicted octanol–water partition coefficient (Wildman–Crippen LogP) is 4.61. The normalized spacial score (nSPS) is 12.5. The second-order valence-corrected chi connectivity index (χ2v) is 8.26. The first-order valence-corrected chi connectivity index (χ1v) is 11.4. The first kappa shape index (κ1) is 29.1. The van der Waals surface area contributed by atoms with Gasteiger partial charge in [-0.1, -0.05) is 23.7 Å². The summed E-state index contributed by atoms with van der Waals surface area (Å²) < 4.78 is 62.8. The van der Waals surface area contributed by atoms with Crippen LogP contribution in [0, 0.1) is 11.3 Å². The van der Waals surface area contributed by atoms with E-state index in [-0.39, 0.29) is 36.6 Å². The molecule has 0 fully saturated rings. The molecule has 0 aliphatic heterocycles. The molecule has 0 saturated carbocycles. The maximum Gasteiger partial charge on any atom is 0.432 e. The Kier molecular flexibility index (Phi) is 11.5. The lowest BCUT2D eigenvalue weighted by Crippen LogP contribution is -2.32. The number of carbonyl (C=O) groups is 1. The second kappa shape index (κ2) is 13.8. The Balaban J connectivity index is 2.24. The number of methoxy groups -OCH3 is 1. The Hall–Kier alpha value is -2.14. The Labute approximate surface area is 213 Å². The van der Waals surface area contributed by atoms with E-state index in [1.807, 2.05) is 0 Å². The van der Waals surface area contributed by atoms with Crippen LogP contribution in [0.3, 0.4) is 0 Å². The van der Waals surface area contributed by atoms with Crippen molar-refractivity contribution in [3.63, 3.8) is 0 Å². The number of rotatable bonds is 14. The van der Waals surface area contributed by atoms with Crippen LogP contribution < -0.4 is 0 Å². The van der Waals surface area contributed by atoms with Crippen molar-refractivity contribution in [2.45, 2.75) is 18.8 Å². The van der Waals surface area contributed by atoms with Gasteiger partial charge in [-0.25, -0.2) is 4.79 Å². The number of nitrogens with zero attached hydrogens (tertiary/aromatic N) is 2. The van der Waals surface area contributed by atoms with Gasteiger partial charge in [-0.05, 0) is 33.6 Å². The zero-order chi connectivity index (χ0) is 26.0. The molecular formula is C22H23BrClF3N2O6. The third-order valence-electron chi connectivity index (χ3n) is 4.68. The van der Waals surface area contributed by atoms with Gasteiger partial charge in [0.15, 0.2) is 6.10 Å². The molecule has 0 spiro atoms. The molecule has 35 heavy (non-hydrogen) atoms. The first-order valence-electron chi connectivity index (χ1n) is 10.3. The van der Waals surface area contributed by atoms with E-state index in [1.54, 1.807) is 13.2 Å². The minimum atomic E-state index is -4.88. The molecule has 2 aromatic rings. The zero-order valence-corrected chi connectivity index (χ0v) is 21.0. The summed E-state index contributed by atoms with van der Waals surface area (Å²) in [5.41, 5.74) is -1.34. The Morgan fingerprint density at radius 3 is 2.23 bits per heavy atom. The van der Waals surface area contributed by atoms with E-state index in [9.17, 15) is 28.3 Å². The lowest BCUT2D eigenvalue weighted by atomic mass is 10.1. The number of hydrogen-bond donors (Lipinski definition) is 1. The Bertz CT molecular complexity index is 1020. The average molecular weight is 584 g/mol. The van der Waals surface area contributed by atoms with Gasteiger partial charge in [0, 0.05) is 12.1 Å². The highest BCUT2D eigenvalue weighted by Crippen LogP contribution is 2.43. The summed E-state index contributed by atoms with van der Waals surface area (Å²) in [5.74, 6) is -1.47. The van der Waals surface area contributed by atoms with Crippen molar-refractivity contribution in [3.8, 4) is 17.3 Å². The van der Waals surface area contributed by atoms with Gasteiger partial charge in [-0.2, -0.15) is 18.4 Å². The quantitative estimate of drug-likeness (QED) is 0.324. The highest BCUT2D eigenvalue weighted by atomic mass is 79.9. The molecule has 0 amide bonds. The number of benzene rings is 1. The zero-order valence-electron chi connectivity index (χ0n) is 18.6. The molecule has 0 radical (unpaired) electrons. The number of ether oxygens (including phenoxy) is 4. The van der Waals surface area contributed by atoms with Crippen molar-refractivity contribution in [1.82, 2.24) is 4.57 Å². The first-order chi connectivity index (χ1) is 16.6. The molecule has 2 rings (SSSR count). The number of aliphatic carboxylic acids is 1. The molecule has 1 aromatic carbocycles. The molecule has 13 heteroatoms. The summed E-state index contributed by atoms with van der Waals surface area (Å²) >= 11 is 8.76. The summed E-state index contributed by atoms with van der Waals surface area (Å²) in [6.45, 7) is 0.463. The van der Waals surface area contributed by atoms with Crippen LogP contribution in [0.5, 0.6) is 0 Å². The average Bonchev–Trinajstić information content (AvgIpc) is 3.08. The van der Waals surface area contributed by atoms with Gasteiger partial charge >= 0.3 is 12.1 Å². The molecule has 0 bridgehead atoms. The van der Waals surface area contributed by atoms with Crippen molar-refractivity contribution in [1.29, 1.82) is 5.26 Å². The smallest absolute Gasteiger partial charge is 0.432 e. The molecule has 0 aliphatic rings. The highest BCUT2D eigenvalue weighted by Gasteiger charge is 2.41. The van der Waals surface area contributed by atoms with Gasteiger partial charge in [-0.15, -0.1) is 0 Å². The molecule has 1 aromatic heterocycles. The van der Waals surface area contributed by atoms with Gasteiger partial charge < -0.3 is 28.6 Å². The van der Waals surface area contributed by atoms with Crippen LogP contribution in [-0.2, 0) is 36.5 Å². The van der Waals surface area contributed by atoms with Gasteiger partial charge in [0.2, 0.25) is 0 Å². The van der Waals surface area contributed by atoms with E-state index in [2.05, 4.69) is 15.9 Å². The molecule has 0 aliphatic carbocycles. The maximum atomic E-state index is 14.0. The van der Waals surface area contributed by atoms with Crippen LogP contribution in [0.15, 0.2) is 28.7 Å². The minimum absolute atomic E-state index is 0.00635. The molecule has 1 unspecified atom stereocenters. The van der Waals surface area contributed by atoms with Crippen molar-refractivity contribution in [2.75, 3.05) is 46.8 Å². The van der Waals surface area contributed by atoms with Crippen molar-refractivity contribution >= 4 is 33.5 Å². The second-order valence-electron chi connectivity index (χ2n) is 7.03. The number of carboxylic acid groups (broad SMARTS) is 1. The molecule has 0 saturated heterocycles. The number of halogens is 5. The number of hydrogen-bond acceptors (Lipinski definition) is 6. The number of nitriles is 1. The van der Waals surface area contributed by atoms with E-state index in [0.29, 0.717) is 24.8 Å². The van der Waals surface area contributed by atoms with Gasteiger partial charge in [0.05, 0.1) is 61.9 Å². The fourth-order valence-corrected chi connectivity index (χ4v) is 3.98. The Morgan fingerprint density at radius 2 is 1.71 bits per heavy atom. The van der Waals surface area contributed by atoms with Crippen LogP contribution in [0.1, 0.15) is 11.3 Å². The molecule has 1 heterocycles. The summed E-state index contributed by atoms with van der Waals surface area (Å²) in [5, 5.41) is 19.5. The van der Waals surface area contributed by atoms with Crippen LogP contribution in [0.2, 0.25) is 5.02 Å². The number of alkyl halides is 3. The summed E-state index contributed by atoms with van der Waals surface area (Å²) in [6.07, 6.45) is -6.53. The van der Waals surface area contributed by atoms with E-state index < -0.39 is 35.0 Å². The van der Waals surface area contributed by atoms with E-state index in [1.165, 1.54) is 24.3 Å². The minimum Gasteiger partial charge on any atom is -0.479 e. The SMILES string of the molecule is COCCOCCOCCOC(Cn1c(-c2ccc(Cl)cc2)c(C#N)c(Br)c1C(F)(F)F)C(=O)O. The molecular weight excluding hydrogens is 561 g/mol. The Morgan fingerprint density at radius 1 is 1.14 bits per heavy atom. The monoisotopic (exact) mass is 582 g/mol. The fourth-order valence-electron chi connectivity index (χ4n) is 3.14. The van der Waals surface area contributed by atoms with E-state index in [0.717, 1.165) is 4.57 Å². The van der Waals surface area contributed by atoms with Gasteiger partial charge in [0.25, 0.3) is 0 Å². The largest absolute Gasteiger partial charge is 0.479 e. The number of aromatic nitrogens is 1. The number of carboxylic acids is 1. The summed E-state index contributed by atoms with van der Waals surface area (Å²) in [6, 6.07) is 7.57. The van der Waals surface area contributed by atoms with Crippen LogP contribution in [0.4, 0.5) is 13.2 Å². The molecule has 192 valence electrons. The van der Waals surface area contributed by atoms with Crippen LogP contribution in [-0.4, -0.2) is 68.5 Å². The summed E-state index contributed by atoms with van der Waals surface area (Å²) in [4.78, 5) is 11.8. The van der Waals surface area contributed by atoms with E-state index >= 15 is 0 Å². The van der Waals surface area contributed by atoms with Crippen LogP contribution >= 0.6 is 27.5 Å². The third-order valence-corrected chi connectivity index (χ3v) is 5.70. The fraction of sp³-hybridized carbons (Fsp3) is 0.455. The topological polar surface area (TPSA) is 103 Å². The molecule has 1 N–H and O–H groups in total. The standard InChI is InChI=1S/C22H23BrClF3N2O6/c1-32-6-7-33-8-9-34-10-11-35-17(21(30)31)13-29-19(14-2-4-15(24)5-3-14)16(12-28)18(23)20(29)22(25,26)27/h2-5,17H,6-11,13H2,1H3,(H,30,31). The highest BCUT2D eigenvalue weighted by molar-refractivity contribution is 9.10. The predicted molar refractivity (Wildman–Crippen MR) is 123 cm³/mol. The van der Waals surface area contributed by atoms with Crippen molar-refractivity contribution < 1.29 is 42.0 Å². The van der Waals surface area contributed by atoms with Crippen molar-refractivity contribution in [2.24, 2.45) is 0 Å². The van der Waals surface area contributed by atoms with E-state index in [4.69, 9.17) is 30.5 Å². The third kappa shape index (κ3) is 8.20. The lowest BCUT2D eigenvalue weighted by Gasteiger charge is -2.20. The van der Waals surface area contributed by atoms with Crippen molar-refractivity contribution in [3.05, 3.63) is 45.0 Å². The van der Waals surface area contributed by atoms with Crippen LogP contribution in [0.25, 0.3) is 11.3 Å². The molecule has 8 nitrogen and oxygen atoms in total. The van der Waals surface area contributed by atoms with Gasteiger partial charge in [-0.3, -0.25) is 0 Å². The lowest BCUT2D eigenvalue weighted by molar-refractivity contribution is -0.155. The molecule has 1 atom stereocenters. The summed E-state index contributed by atoms with van der Waals surface area (Å²) in [7, 11) is 1.54. The van der Waals surface area contributed by atoms with Gasteiger partial charge in [0.1, 0.15) is 11.8 Å².